The van der Waals surface area contributed by atoms with Crippen molar-refractivity contribution in [2.75, 3.05) is 11.9 Å². The summed E-state index contributed by atoms with van der Waals surface area (Å²) in [6.45, 7) is 3.55. The maximum Gasteiger partial charge on any atom is 0.0397 e. The minimum Gasteiger partial charge on any atom is -0.385 e. The lowest BCUT2D eigenvalue weighted by atomic mass is 10.2. The number of nitrogens with one attached hydrogen (secondary N) is 1. The van der Waals surface area contributed by atoms with Crippen LogP contribution in [-0.4, -0.2) is 6.54 Å². The fraction of sp³-hybridized carbons (Fsp3) is 0.333. The van der Waals surface area contributed by atoms with Gasteiger partial charge in [-0.15, -0.1) is 0 Å². The molecule has 0 fully saturated rings. The van der Waals surface area contributed by atoms with E-state index in [1.807, 2.05) is 18.2 Å². The monoisotopic (exact) mass is 228 g/mol. The van der Waals surface area contributed by atoms with Gasteiger partial charge in [0, 0.05) is 28.8 Å². The van der Waals surface area contributed by atoms with E-state index in [1.165, 1.54) is 0 Å². The van der Waals surface area contributed by atoms with Crippen LogP contribution in [0, 0.1) is 0 Å². The fourth-order valence-electron chi connectivity index (χ4n) is 1.12. The van der Waals surface area contributed by atoms with E-state index in [-0.39, 0.29) is 0 Å². The molecule has 0 aliphatic heterocycles. The van der Waals surface area contributed by atoms with Crippen LogP contribution in [0.25, 0.3) is 0 Å². The van der Waals surface area contributed by atoms with E-state index in [0.717, 1.165) is 22.3 Å². The molecule has 0 spiro atoms. The van der Waals surface area contributed by atoms with E-state index >= 15 is 0 Å². The van der Waals surface area contributed by atoms with Crippen LogP contribution in [0.1, 0.15) is 12.5 Å². The highest BCUT2D eigenvalue weighted by Gasteiger charge is 2.02. The van der Waals surface area contributed by atoms with Crippen LogP contribution >= 0.6 is 15.9 Å². The highest BCUT2D eigenvalue weighted by Crippen LogP contribution is 2.23. The molecule has 2 nitrogen and oxygen atoms in total. The third-order valence-electron chi connectivity index (χ3n) is 1.69. The standard InChI is InChI=1S/C9H13BrN2/c1-2-12-9-5-3-4-8(10)7(9)6-11/h3-5,12H,2,6,11H2,1H3. The van der Waals surface area contributed by atoms with Crippen molar-refractivity contribution < 1.29 is 0 Å². The molecular weight excluding hydrogens is 216 g/mol. The minimum absolute atomic E-state index is 0.559. The topological polar surface area (TPSA) is 38.0 Å². The molecule has 0 bridgehead atoms. The lowest BCUT2D eigenvalue weighted by Crippen LogP contribution is -2.05. The molecule has 0 atom stereocenters. The molecule has 1 aromatic carbocycles. The molecule has 1 rings (SSSR count). The van der Waals surface area contributed by atoms with Gasteiger partial charge >= 0.3 is 0 Å². The van der Waals surface area contributed by atoms with Gasteiger partial charge in [-0.05, 0) is 19.1 Å². The first kappa shape index (κ1) is 9.55. The van der Waals surface area contributed by atoms with Gasteiger partial charge in [-0.2, -0.15) is 0 Å². The van der Waals surface area contributed by atoms with Gasteiger partial charge in [0.1, 0.15) is 0 Å². The third-order valence-corrected chi connectivity index (χ3v) is 2.43. The van der Waals surface area contributed by atoms with Gasteiger partial charge in [-0.3, -0.25) is 0 Å². The summed E-state index contributed by atoms with van der Waals surface area (Å²) in [6.07, 6.45) is 0. The highest BCUT2D eigenvalue weighted by molar-refractivity contribution is 9.10. The number of hydrogen-bond donors (Lipinski definition) is 2. The van der Waals surface area contributed by atoms with Crippen molar-refractivity contribution in [2.24, 2.45) is 5.73 Å². The Morgan fingerprint density at radius 2 is 2.25 bits per heavy atom. The zero-order valence-electron chi connectivity index (χ0n) is 7.10. The zero-order valence-corrected chi connectivity index (χ0v) is 8.69. The molecular formula is C9H13BrN2. The Balaban J connectivity index is 3.00. The largest absolute Gasteiger partial charge is 0.385 e. The van der Waals surface area contributed by atoms with Crippen molar-refractivity contribution in [1.29, 1.82) is 0 Å². The average molecular weight is 229 g/mol. The molecule has 12 heavy (non-hydrogen) atoms. The molecule has 0 aromatic heterocycles. The summed E-state index contributed by atoms with van der Waals surface area (Å²) in [6, 6.07) is 6.04. The van der Waals surface area contributed by atoms with Crippen molar-refractivity contribution in [3.8, 4) is 0 Å². The zero-order chi connectivity index (χ0) is 8.97. The quantitative estimate of drug-likeness (QED) is 0.834. The van der Waals surface area contributed by atoms with E-state index in [0.29, 0.717) is 6.54 Å². The number of hydrogen-bond acceptors (Lipinski definition) is 2. The van der Waals surface area contributed by atoms with E-state index in [2.05, 4.69) is 28.2 Å². The Kier molecular flexibility index (Phi) is 3.56. The molecule has 0 amide bonds. The summed E-state index contributed by atoms with van der Waals surface area (Å²) in [4.78, 5) is 0. The van der Waals surface area contributed by atoms with Crippen LogP contribution in [0.2, 0.25) is 0 Å². The van der Waals surface area contributed by atoms with Crippen molar-refractivity contribution in [3.63, 3.8) is 0 Å². The predicted octanol–water partition coefficient (Wildman–Crippen LogP) is 2.34. The number of benzene rings is 1. The normalized spacial score (nSPS) is 9.92. The van der Waals surface area contributed by atoms with Crippen LogP contribution < -0.4 is 11.1 Å². The van der Waals surface area contributed by atoms with Crippen LogP contribution in [0.15, 0.2) is 22.7 Å². The summed E-state index contributed by atoms with van der Waals surface area (Å²) in [5, 5.41) is 3.26. The van der Waals surface area contributed by atoms with Gasteiger partial charge in [-0.1, -0.05) is 22.0 Å². The van der Waals surface area contributed by atoms with Gasteiger partial charge in [-0.25, -0.2) is 0 Å². The first-order valence-electron chi connectivity index (χ1n) is 4.01. The predicted molar refractivity (Wildman–Crippen MR) is 56.2 cm³/mol. The third kappa shape index (κ3) is 1.99. The maximum atomic E-state index is 5.61. The molecule has 1 aromatic rings. The Morgan fingerprint density at radius 1 is 1.50 bits per heavy atom. The van der Waals surface area contributed by atoms with E-state index in [1.54, 1.807) is 0 Å². The number of rotatable bonds is 3. The summed E-state index contributed by atoms with van der Waals surface area (Å²) in [7, 11) is 0. The second kappa shape index (κ2) is 4.48. The summed E-state index contributed by atoms with van der Waals surface area (Å²) in [5.74, 6) is 0. The van der Waals surface area contributed by atoms with Gasteiger partial charge in [0.25, 0.3) is 0 Å². The maximum absolute atomic E-state index is 5.61. The van der Waals surface area contributed by atoms with E-state index < -0.39 is 0 Å². The van der Waals surface area contributed by atoms with E-state index in [9.17, 15) is 0 Å². The second-order valence-corrected chi connectivity index (χ2v) is 3.35. The molecule has 0 aliphatic rings. The molecule has 0 heterocycles. The molecule has 3 N–H and O–H groups in total. The van der Waals surface area contributed by atoms with Gasteiger partial charge in [0.2, 0.25) is 0 Å². The Hall–Kier alpha value is -0.540. The number of anilines is 1. The first-order chi connectivity index (χ1) is 5.79. The van der Waals surface area contributed by atoms with Crippen molar-refractivity contribution in [1.82, 2.24) is 0 Å². The summed E-state index contributed by atoms with van der Waals surface area (Å²) in [5.41, 5.74) is 7.87. The van der Waals surface area contributed by atoms with Gasteiger partial charge in [0.05, 0.1) is 0 Å². The second-order valence-electron chi connectivity index (χ2n) is 2.50. The molecule has 66 valence electrons. The van der Waals surface area contributed by atoms with Crippen LogP contribution in [-0.2, 0) is 6.54 Å². The summed E-state index contributed by atoms with van der Waals surface area (Å²) >= 11 is 3.46. The molecule has 0 saturated carbocycles. The Bertz CT molecular complexity index is 261. The fourth-order valence-corrected chi connectivity index (χ4v) is 1.65. The molecule has 3 heteroatoms. The highest BCUT2D eigenvalue weighted by atomic mass is 79.9. The SMILES string of the molecule is CCNc1cccc(Br)c1CN. The number of halogens is 1. The van der Waals surface area contributed by atoms with Gasteiger partial charge in [0.15, 0.2) is 0 Å². The Morgan fingerprint density at radius 3 is 2.83 bits per heavy atom. The lowest BCUT2D eigenvalue weighted by molar-refractivity contribution is 1.05. The molecule has 0 aliphatic carbocycles. The molecule has 0 saturated heterocycles. The molecule has 0 unspecified atom stereocenters. The van der Waals surface area contributed by atoms with Gasteiger partial charge < -0.3 is 11.1 Å². The van der Waals surface area contributed by atoms with Crippen molar-refractivity contribution >= 4 is 21.6 Å². The van der Waals surface area contributed by atoms with Crippen LogP contribution in [0.3, 0.4) is 0 Å². The minimum atomic E-state index is 0.559. The Labute approximate surface area is 81.3 Å². The average Bonchev–Trinajstić information content (AvgIpc) is 2.05. The van der Waals surface area contributed by atoms with E-state index in [4.69, 9.17) is 5.73 Å². The lowest BCUT2D eigenvalue weighted by Gasteiger charge is -2.10. The summed E-state index contributed by atoms with van der Waals surface area (Å²) < 4.78 is 1.07. The van der Waals surface area contributed by atoms with Crippen molar-refractivity contribution in [2.45, 2.75) is 13.5 Å². The van der Waals surface area contributed by atoms with Crippen molar-refractivity contribution in [3.05, 3.63) is 28.2 Å². The number of nitrogens with two attached hydrogens (primary N) is 1. The molecule has 0 radical (unpaired) electrons. The van der Waals surface area contributed by atoms with Crippen LogP contribution in [0.4, 0.5) is 5.69 Å². The first-order valence-corrected chi connectivity index (χ1v) is 4.80. The van der Waals surface area contributed by atoms with Crippen LogP contribution in [0.5, 0.6) is 0 Å². The smallest absolute Gasteiger partial charge is 0.0397 e.